The number of hydrogen-bond donors (Lipinski definition) is 0. The molecule has 0 saturated heterocycles. The van der Waals surface area contributed by atoms with Crippen molar-refractivity contribution in [3.05, 3.63) is 205 Å². The van der Waals surface area contributed by atoms with Gasteiger partial charge in [0.25, 0.3) is 0 Å². The van der Waals surface area contributed by atoms with Gasteiger partial charge in [0.05, 0.1) is 22.2 Å². The Labute approximate surface area is 316 Å². The molecule has 53 heavy (non-hydrogen) atoms. The molecule has 8 aromatic carbocycles. The van der Waals surface area contributed by atoms with Gasteiger partial charge in [0, 0.05) is 38.8 Å². The highest BCUT2D eigenvalue weighted by atomic mass is 15.1. The van der Waals surface area contributed by atoms with Crippen LogP contribution in [0.4, 0.5) is 17.1 Å². The van der Waals surface area contributed by atoms with Crippen LogP contribution < -0.4 is 4.90 Å². The van der Waals surface area contributed by atoms with Gasteiger partial charge in [-0.05, 0) is 99.6 Å². The molecule has 0 unspecified atom stereocenters. The van der Waals surface area contributed by atoms with Gasteiger partial charge in [-0.2, -0.15) is 0 Å². The number of hydrogen-bond acceptors (Lipinski definition) is 1. The molecule has 1 aliphatic carbocycles. The first kappa shape index (κ1) is 27.1. The summed E-state index contributed by atoms with van der Waals surface area (Å²) in [5.74, 6) is 0. The van der Waals surface area contributed by atoms with Crippen molar-refractivity contribution < 1.29 is 5.48 Å². The lowest BCUT2D eigenvalue weighted by Crippen LogP contribution is -2.17. The summed E-state index contributed by atoms with van der Waals surface area (Å²) in [7, 11) is 0. The Hall–Kier alpha value is -6.64. The third-order valence-corrected chi connectivity index (χ3v) is 10.9. The zero-order valence-electron chi connectivity index (χ0n) is 33.6. The Morgan fingerprint density at radius 3 is 2.02 bits per heavy atom. The lowest BCUT2D eigenvalue weighted by molar-refractivity contribution is 0.660. The number of aromatic nitrogens is 1. The van der Waals surface area contributed by atoms with Crippen molar-refractivity contribution in [3.63, 3.8) is 0 Å². The molecule has 1 heterocycles. The molecular formula is C51H38N2. The Kier molecular flexibility index (Phi) is 6.26. The van der Waals surface area contributed by atoms with Crippen LogP contribution >= 0.6 is 0 Å². The molecule has 9 aromatic rings. The molecule has 252 valence electrons. The highest BCUT2D eigenvalue weighted by molar-refractivity contribution is 6.10. The summed E-state index contributed by atoms with van der Waals surface area (Å²) < 4.78 is 40.5. The molecule has 2 nitrogen and oxygen atoms in total. The average molecular weight is 683 g/mol. The van der Waals surface area contributed by atoms with Crippen molar-refractivity contribution in [1.82, 2.24) is 4.57 Å². The number of para-hydroxylation sites is 3. The third-order valence-electron chi connectivity index (χ3n) is 10.9. The quantitative estimate of drug-likeness (QED) is 0.169. The Bertz CT molecular complexity index is 3040. The Morgan fingerprint density at radius 1 is 0.491 bits per heavy atom. The first-order valence-corrected chi connectivity index (χ1v) is 18.1. The van der Waals surface area contributed by atoms with Crippen molar-refractivity contribution in [2.24, 2.45) is 0 Å². The smallest absolute Gasteiger partial charge is 0.0651 e. The van der Waals surface area contributed by atoms with E-state index in [2.05, 4.69) is 109 Å². The van der Waals surface area contributed by atoms with Crippen LogP contribution in [0.5, 0.6) is 0 Å². The van der Waals surface area contributed by atoms with Crippen LogP contribution in [0.2, 0.25) is 0 Å². The fraction of sp³-hybridized carbons (Fsp3) is 0.0588. The van der Waals surface area contributed by atoms with Crippen LogP contribution in [0.15, 0.2) is 194 Å². The molecule has 0 amide bonds. The summed E-state index contributed by atoms with van der Waals surface area (Å²) in [5, 5.41) is 2.04. The second-order valence-electron chi connectivity index (χ2n) is 14.3. The molecule has 1 aromatic heterocycles. The predicted octanol–water partition coefficient (Wildman–Crippen LogP) is 13.9. The van der Waals surface area contributed by atoms with Crippen molar-refractivity contribution in [2.45, 2.75) is 19.3 Å². The number of anilines is 3. The van der Waals surface area contributed by atoms with E-state index in [0.29, 0.717) is 11.1 Å². The predicted molar refractivity (Wildman–Crippen MR) is 224 cm³/mol. The number of fused-ring (bicyclic) bond motifs is 6. The van der Waals surface area contributed by atoms with Crippen LogP contribution in [-0.4, -0.2) is 4.57 Å². The van der Waals surface area contributed by atoms with E-state index in [1.807, 2.05) is 83.8 Å². The molecule has 0 atom stereocenters. The second kappa shape index (κ2) is 12.3. The van der Waals surface area contributed by atoms with E-state index < -0.39 is 0 Å². The monoisotopic (exact) mass is 682 g/mol. The van der Waals surface area contributed by atoms with E-state index >= 15 is 0 Å². The summed E-state index contributed by atoms with van der Waals surface area (Å²) in [5.41, 5.74) is 12.3. The van der Waals surface area contributed by atoms with E-state index in [9.17, 15) is 5.48 Å². The summed E-state index contributed by atoms with van der Waals surface area (Å²) in [6.07, 6.45) is 0. The van der Waals surface area contributed by atoms with Gasteiger partial charge in [-0.3, -0.25) is 0 Å². The van der Waals surface area contributed by atoms with Gasteiger partial charge in [-0.25, -0.2) is 0 Å². The minimum absolute atomic E-state index is 0.0260. The summed E-state index contributed by atoms with van der Waals surface area (Å²) in [4.78, 5) is 1.98. The molecule has 0 radical (unpaired) electrons. The molecule has 0 fully saturated rings. The first-order chi connectivity index (χ1) is 27.7. The maximum absolute atomic E-state index is 10.0. The molecular weight excluding hydrogens is 641 g/mol. The lowest BCUT2D eigenvalue weighted by atomic mass is 9.82. The van der Waals surface area contributed by atoms with E-state index in [4.69, 9.17) is 0 Å². The molecule has 10 rings (SSSR count). The van der Waals surface area contributed by atoms with Crippen LogP contribution in [-0.2, 0) is 5.41 Å². The highest BCUT2D eigenvalue weighted by Crippen LogP contribution is 2.51. The average Bonchev–Trinajstić information content (AvgIpc) is 3.70. The normalized spacial score (nSPS) is 13.9. The molecule has 2 heteroatoms. The van der Waals surface area contributed by atoms with Crippen molar-refractivity contribution in [3.8, 4) is 39.1 Å². The summed E-state index contributed by atoms with van der Waals surface area (Å²) >= 11 is 0. The molecule has 0 bridgehead atoms. The standard InChI is InChI=1S/C51H38N2/c1-51(2)46-25-12-9-23-42(46)43-30-29-40(34-47(43)51)52(48-26-13-10-22-41(48)35-16-5-3-6-17-35)39-21-15-18-36(32-39)37-28-31-50-45(33-37)44-24-11-14-27-49(44)53(50)38-19-7-4-8-20-38/h3-34H,1-2H3/i15D,18D,21D,32D. The fourth-order valence-corrected chi connectivity index (χ4v) is 8.32. The second-order valence-corrected chi connectivity index (χ2v) is 14.3. The van der Waals surface area contributed by atoms with Gasteiger partial charge in [-0.15, -0.1) is 0 Å². The molecule has 0 saturated carbocycles. The van der Waals surface area contributed by atoms with Crippen LogP contribution in [0.3, 0.4) is 0 Å². The van der Waals surface area contributed by atoms with Crippen LogP contribution in [0.1, 0.15) is 30.5 Å². The van der Waals surface area contributed by atoms with Gasteiger partial charge in [0.15, 0.2) is 0 Å². The van der Waals surface area contributed by atoms with Crippen molar-refractivity contribution >= 4 is 38.9 Å². The SMILES string of the molecule is [2H]c1c([2H])c(-c2ccc3c(c2)c2ccccc2n3-c2ccccc2)c([2H])c(N(c2ccc3c(c2)C(C)(C)c2ccccc2-3)c2ccccc2-c2ccccc2)c1[2H]. The van der Waals surface area contributed by atoms with Crippen molar-refractivity contribution in [2.75, 3.05) is 4.90 Å². The maximum Gasteiger partial charge on any atom is 0.0651 e. The Balaban J connectivity index is 1.24. The summed E-state index contributed by atoms with van der Waals surface area (Å²) in [6, 6.07) is 57.3. The minimum atomic E-state index is -0.286. The van der Waals surface area contributed by atoms with Gasteiger partial charge in [0.1, 0.15) is 0 Å². The minimum Gasteiger partial charge on any atom is -0.310 e. The van der Waals surface area contributed by atoms with Gasteiger partial charge in [-0.1, -0.05) is 147 Å². The van der Waals surface area contributed by atoms with E-state index in [1.54, 1.807) is 0 Å². The lowest BCUT2D eigenvalue weighted by Gasteiger charge is -2.30. The molecule has 1 aliphatic rings. The number of rotatable bonds is 6. The highest BCUT2D eigenvalue weighted by Gasteiger charge is 2.36. The van der Waals surface area contributed by atoms with Gasteiger partial charge in [0.2, 0.25) is 0 Å². The molecule has 0 N–H and O–H groups in total. The largest absolute Gasteiger partial charge is 0.310 e. The van der Waals surface area contributed by atoms with Gasteiger partial charge < -0.3 is 9.47 Å². The molecule has 0 aliphatic heterocycles. The van der Waals surface area contributed by atoms with Crippen molar-refractivity contribution in [1.29, 1.82) is 0 Å². The van der Waals surface area contributed by atoms with Crippen LogP contribution in [0.25, 0.3) is 60.9 Å². The number of nitrogens with zero attached hydrogens (tertiary/aromatic N) is 2. The zero-order chi connectivity index (χ0) is 39.0. The third kappa shape index (κ3) is 5.02. The fourth-order valence-electron chi connectivity index (χ4n) is 8.32. The Morgan fingerprint density at radius 2 is 1.17 bits per heavy atom. The topological polar surface area (TPSA) is 8.17 Å². The maximum atomic E-state index is 10.0. The van der Waals surface area contributed by atoms with Gasteiger partial charge >= 0.3 is 0 Å². The van der Waals surface area contributed by atoms with E-state index in [0.717, 1.165) is 55.6 Å². The van der Waals surface area contributed by atoms with E-state index in [1.165, 1.54) is 16.7 Å². The summed E-state index contributed by atoms with van der Waals surface area (Å²) in [6.45, 7) is 4.49. The molecule has 0 spiro atoms. The zero-order valence-corrected chi connectivity index (χ0v) is 29.6. The van der Waals surface area contributed by atoms with Crippen LogP contribution in [0, 0.1) is 0 Å². The number of benzene rings is 8. The first-order valence-electron chi connectivity index (χ1n) is 20.1. The van der Waals surface area contributed by atoms with E-state index in [-0.39, 0.29) is 35.3 Å².